The Hall–Kier alpha value is -5.00. The first-order chi connectivity index (χ1) is 22.2. The van der Waals surface area contributed by atoms with Crippen LogP contribution >= 0.6 is 0 Å². The molecule has 0 aliphatic heterocycles. The zero-order chi connectivity index (χ0) is 32.4. The maximum Gasteiger partial charge on any atom is 0.258 e. The van der Waals surface area contributed by atoms with Crippen molar-refractivity contribution in [3.8, 4) is 22.5 Å². The Labute approximate surface area is 265 Å². The molecule has 6 rings (SSSR count). The van der Waals surface area contributed by atoms with E-state index in [-0.39, 0.29) is 53.3 Å². The van der Waals surface area contributed by atoms with Crippen LogP contribution in [0.3, 0.4) is 0 Å². The second-order valence-corrected chi connectivity index (χ2v) is 12.9. The number of rotatable bonds is 11. The molecule has 2 amide bonds. The fraction of sp³-hybridized carbons (Fsp3) is 0.200. The van der Waals surface area contributed by atoms with Gasteiger partial charge in [0, 0.05) is 53.5 Å². The summed E-state index contributed by atoms with van der Waals surface area (Å²) in [4.78, 5) is 28.9. The Morgan fingerprint density at radius 2 is 1.70 bits per heavy atom. The molecule has 1 saturated carbocycles. The number of carbonyl (C=O) groups is 2. The van der Waals surface area contributed by atoms with Crippen molar-refractivity contribution in [2.24, 2.45) is 0 Å². The molecule has 3 N–H and O–H groups in total. The summed E-state index contributed by atoms with van der Waals surface area (Å²) in [6.07, 6.45) is 1.83. The van der Waals surface area contributed by atoms with Crippen molar-refractivity contribution >= 4 is 44.2 Å². The summed E-state index contributed by atoms with van der Waals surface area (Å²) in [7, 11) is -2.42. The standard InChI is InChI=1S/C35H32FN3O6S/c1-37-34(41)32-29-20-28(23-7-5-8-24(19-23)35(42)39(27-15-16-27)26-9-3-2-4-10-26)30(38-46(43,44)18-6-17-40)21-31(29)45-33(32)22-11-13-25(36)14-12-22/h2-5,7-14,19-21,27,38,40H,6,15-18H2,1H3,(H,37,41). The van der Waals surface area contributed by atoms with Gasteiger partial charge in [0.1, 0.15) is 17.2 Å². The van der Waals surface area contributed by atoms with E-state index in [1.807, 2.05) is 30.3 Å². The zero-order valence-corrected chi connectivity index (χ0v) is 25.8. The number of anilines is 2. The first kappa shape index (κ1) is 31.0. The Morgan fingerprint density at radius 1 is 0.957 bits per heavy atom. The number of para-hydroxylation sites is 1. The summed E-state index contributed by atoms with van der Waals surface area (Å²) in [6.45, 7) is -0.301. The molecule has 1 aliphatic carbocycles. The van der Waals surface area contributed by atoms with Crippen molar-refractivity contribution in [3.63, 3.8) is 0 Å². The van der Waals surface area contributed by atoms with E-state index in [1.165, 1.54) is 37.4 Å². The molecule has 4 aromatic carbocycles. The van der Waals surface area contributed by atoms with Crippen molar-refractivity contribution in [2.75, 3.05) is 29.0 Å². The van der Waals surface area contributed by atoms with Crippen LogP contribution in [0, 0.1) is 5.82 Å². The monoisotopic (exact) mass is 641 g/mol. The molecule has 0 bridgehead atoms. The highest BCUT2D eigenvalue weighted by atomic mass is 32.2. The number of fused-ring (bicyclic) bond motifs is 1. The van der Waals surface area contributed by atoms with Crippen LogP contribution in [0.5, 0.6) is 0 Å². The third-order valence-corrected chi connectivity index (χ3v) is 9.17. The summed E-state index contributed by atoms with van der Waals surface area (Å²) in [5.41, 5.74) is 3.17. The number of halogens is 1. The fourth-order valence-electron chi connectivity index (χ4n) is 5.47. The van der Waals surface area contributed by atoms with E-state index in [0.29, 0.717) is 27.6 Å². The highest BCUT2D eigenvalue weighted by molar-refractivity contribution is 7.92. The van der Waals surface area contributed by atoms with Crippen LogP contribution in [0.4, 0.5) is 15.8 Å². The number of amides is 2. The van der Waals surface area contributed by atoms with Gasteiger partial charge in [-0.25, -0.2) is 12.8 Å². The van der Waals surface area contributed by atoms with E-state index in [2.05, 4.69) is 10.0 Å². The van der Waals surface area contributed by atoms with Gasteiger partial charge in [0.05, 0.1) is 17.0 Å². The molecule has 46 heavy (non-hydrogen) atoms. The number of sulfonamides is 1. The highest BCUT2D eigenvalue weighted by Gasteiger charge is 2.34. The van der Waals surface area contributed by atoms with Crippen molar-refractivity contribution in [1.82, 2.24) is 5.32 Å². The molecule has 0 radical (unpaired) electrons. The lowest BCUT2D eigenvalue weighted by atomic mass is 9.97. The largest absolute Gasteiger partial charge is 0.455 e. The van der Waals surface area contributed by atoms with Crippen molar-refractivity contribution in [2.45, 2.75) is 25.3 Å². The van der Waals surface area contributed by atoms with Crippen LogP contribution < -0.4 is 14.9 Å². The minimum absolute atomic E-state index is 0.0314. The number of aliphatic hydroxyl groups excluding tert-OH is 1. The van der Waals surface area contributed by atoms with E-state index >= 15 is 0 Å². The number of carbonyl (C=O) groups excluding carboxylic acids is 2. The molecular weight excluding hydrogens is 609 g/mol. The summed E-state index contributed by atoms with van der Waals surface area (Å²) >= 11 is 0. The van der Waals surface area contributed by atoms with E-state index in [4.69, 9.17) is 4.42 Å². The minimum Gasteiger partial charge on any atom is -0.455 e. The van der Waals surface area contributed by atoms with Crippen molar-refractivity contribution in [3.05, 3.63) is 108 Å². The summed E-state index contributed by atoms with van der Waals surface area (Å²) in [5.74, 6) is -1.23. The number of nitrogens with one attached hydrogen (secondary N) is 2. The number of aliphatic hydroxyl groups is 1. The predicted octanol–water partition coefficient (Wildman–Crippen LogP) is 6.20. The lowest BCUT2D eigenvalue weighted by Gasteiger charge is -2.23. The molecule has 5 aromatic rings. The van der Waals surface area contributed by atoms with Gasteiger partial charge in [-0.15, -0.1) is 0 Å². The van der Waals surface area contributed by atoms with E-state index in [1.54, 1.807) is 35.2 Å². The van der Waals surface area contributed by atoms with Crippen molar-refractivity contribution < 1.29 is 31.9 Å². The quantitative estimate of drug-likeness (QED) is 0.158. The molecule has 1 fully saturated rings. The summed E-state index contributed by atoms with van der Waals surface area (Å²) < 4.78 is 48.6. The maximum absolute atomic E-state index is 13.9. The number of hydrogen-bond donors (Lipinski definition) is 3. The first-order valence-electron chi connectivity index (χ1n) is 14.9. The molecule has 9 nitrogen and oxygen atoms in total. The van der Waals surface area contributed by atoms with Gasteiger partial charge >= 0.3 is 0 Å². The average Bonchev–Trinajstić information content (AvgIpc) is 3.83. The second-order valence-electron chi connectivity index (χ2n) is 11.1. The fourth-order valence-corrected chi connectivity index (χ4v) is 6.58. The molecular formula is C35H32FN3O6S. The van der Waals surface area contributed by atoms with Gasteiger partial charge in [-0.3, -0.25) is 14.3 Å². The van der Waals surface area contributed by atoms with Crippen LogP contribution in [0.1, 0.15) is 40.0 Å². The van der Waals surface area contributed by atoms with Gasteiger partial charge in [0.15, 0.2) is 0 Å². The van der Waals surface area contributed by atoms with E-state index in [9.17, 15) is 27.5 Å². The van der Waals surface area contributed by atoms with Gasteiger partial charge in [0.25, 0.3) is 11.8 Å². The van der Waals surface area contributed by atoms with Gasteiger partial charge < -0.3 is 19.7 Å². The van der Waals surface area contributed by atoms with Gasteiger partial charge in [0.2, 0.25) is 10.0 Å². The summed E-state index contributed by atoms with van der Waals surface area (Å²) in [6, 6.07) is 25.1. The minimum atomic E-state index is -3.90. The Bertz CT molecular complexity index is 2020. The third-order valence-electron chi connectivity index (χ3n) is 7.81. The molecule has 1 aromatic heterocycles. The lowest BCUT2D eigenvalue weighted by Crippen LogP contribution is -2.33. The molecule has 0 spiro atoms. The van der Waals surface area contributed by atoms with E-state index in [0.717, 1.165) is 18.5 Å². The normalized spacial score (nSPS) is 13.0. The SMILES string of the molecule is CNC(=O)c1c(-c2ccc(F)cc2)oc2cc(NS(=O)(=O)CCCO)c(-c3cccc(C(=O)N(c4ccccc4)C4CC4)c3)cc12. The van der Waals surface area contributed by atoms with Gasteiger partial charge in [-0.05, 0) is 79.4 Å². The first-order valence-corrected chi connectivity index (χ1v) is 16.5. The molecule has 1 aliphatic rings. The molecule has 236 valence electrons. The smallest absolute Gasteiger partial charge is 0.258 e. The highest BCUT2D eigenvalue weighted by Crippen LogP contribution is 2.41. The van der Waals surface area contributed by atoms with Crippen LogP contribution in [-0.4, -0.2) is 50.8 Å². The lowest BCUT2D eigenvalue weighted by molar-refractivity contribution is 0.0962. The molecule has 1 heterocycles. The third kappa shape index (κ3) is 6.37. The zero-order valence-electron chi connectivity index (χ0n) is 25.0. The Morgan fingerprint density at radius 3 is 2.37 bits per heavy atom. The van der Waals surface area contributed by atoms with Gasteiger partial charge in [-0.1, -0.05) is 30.3 Å². The number of hydrogen-bond acceptors (Lipinski definition) is 6. The molecule has 0 unspecified atom stereocenters. The Kier molecular flexibility index (Phi) is 8.61. The van der Waals surface area contributed by atoms with E-state index < -0.39 is 21.7 Å². The number of nitrogens with zero attached hydrogens (tertiary/aromatic N) is 1. The second kappa shape index (κ2) is 12.8. The Balaban J connectivity index is 1.52. The predicted molar refractivity (Wildman–Crippen MR) is 176 cm³/mol. The summed E-state index contributed by atoms with van der Waals surface area (Å²) in [5, 5.41) is 12.3. The van der Waals surface area contributed by atoms with Crippen LogP contribution in [0.25, 0.3) is 33.4 Å². The maximum atomic E-state index is 13.9. The van der Waals surface area contributed by atoms with Crippen LogP contribution in [0.2, 0.25) is 0 Å². The number of furan rings is 1. The average molecular weight is 642 g/mol. The van der Waals surface area contributed by atoms with Crippen LogP contribution in [-0.2, 0) is 10.0 Å². The van der Waals surface area contributed by atoms with Gasteiger partial charge in [-0.2, -0.15) is 0 Å². The molecule has 0 atom stereocenters. The topological polar surface area (TPSA) is 129 Å². The number of benzene rings is 4. The van der Waals surface area contributed by atoms with Crippen molar-refractivity contribution in [1.29, 1.82) is 0 Å². The van der Waals surface area contributed by atoms with Crippen LogP contribution in [0.15, 0.2) is 95.4 Å². The molecule has 11 heteroatoms. The molecule has 0 saturated heterocycles.